The Morgan fingerprint density at radius 3 is 2.03 bits per heavy atom. The molecule has 13 heteroatoms. The summed E-state index contributed by atoms with van der Waals surface area (Å²) in [6, 6.07) is 5.28. The van der Waals surface area contributed by atoms with Gasteiger partial charge in [-0.05, 0) is 68.7 Å². The Balaban J connectivity index is 1.70. The number of aryl methyl sites for hydroxylation is 1. The monoisotopic (exact) mass is 538 g/mol. The summed E-state index contributed by atoms with van der Waals surface area (Å²) < 4.78 is 111. The zero-order chi connectivity index (χ0) is 26.9. The number of halogens is 6. The van der Waals surface area contributed by atoms with Crippen LogP contribution in [0.1, 0.15) is 36.5 Å². The van der Waals surface area contributed by atoms with E-state index in [1.165, 1.54) is 16.4 Å². The summed E-state index contributed by atoms with van der Waals surface area (Å²) in [5.41, 5.74) is -3.09. The topological polar surface area (TPSA) is 75.7 Å². The Hall–Kier alpha value is -2.80. The normalized spacial score (nSPS) is 16.1. The summed E-state index contributed by atoms with van der Waals surface area (Å²) in [6.45, 7) is 3.85. The number of carbonyl (C=O) groups is 1. The second-order valence-corrected chi connectivity index (χ2v) is 10.3. The van der Waals surface area contributed by atoms with Gasteiger partial charge >= 0.3 is 12.4 Å². The molecule has 0 spiro atoms. The number of carbonyl (C=O) groups excluding carboxylic acids is 1. The first-order valence-electron chi connectivity index (χ1n) is 11.0. The van der Waals surface area contributed by atoms with Crippen LogP contribution in [0.25, 0.3) is 0 Å². The van der Waals surface area contributed by atoms with E-state index in [-0.39, 0.29) is 36.9 Å². The molecule has 2 aromatic carbocycles. The minimum Gasteiger partial charge on any atom is -0.494 e. The molecule has 0 aromatic heterocycles. The first-order chi connectivity index (χ1) is 16.6. The molecule has 3 rings (SSSR count). The van der Waals surface area contributed by atoms with Crippen LogP contribution in [0.2, 0.25) is 0 Å². The standard InChI is InChI=1S/C23H24F6N2O4S/c1-3-35-20-5-4-19(10-14(20)2)36(33,34)31-8-6-15(7-9-31)21(32)30-18-12-16(22(24,25)26)11-17(13-18)23(27,28)29/h4-5,10-13,15H,3,6-9H2,1-2H3,(H,30,32). The van der Waals surface area contributed by atoms with E-state index in [1.54, 1.807) is 19.9 Å². The van der Waals surface area contributed by atoms with E-state index in [0.29, 0.717) is 30.1 Å². The molecule has 0 saturated carbocycles. The molecule has 1 fully saturated rings. The molecule has 198 valence electrons. The number of alkyl halides is 6. The van der Waals surface area contributed by atoms with Crippen molar-refractivity contribution >= 4 is 21.6 Å². The van der Waals surface area contributed by atoms with Gasteiger partial charge in [-0.2, -0.15) is 30.6 Å². The van der Waals surface area contributed by atoms with Crippen LogP contribution >= 0.6 is 0 Å². The zero-order valence-corrected chi connectivity index (χ0v) is 20.1. The van der Waals surface area contributed by atoms with E-state index >= 15 is 0 Å². The van der Waals surface area contributed by atoms with Crippen LogP contribution in [0.3, 0.4) is 0 Å². The highest BCUT2D eigenvalue weighted by Crippen LogP contribution is 2.38. The lowest BCUT2D eigenvalue weighted by molar-refractivity contribution is -0.143. The van der Waals surface area contributed by atoms with Gasteiger partial charge in [0.25, 0.3) is 0 Å². The predicted octanol–water partition coefficient (Wildman–Crippen LogP) is 5.47. The van der Waals surface area contributed by atoms with Gasteiger partial charge in [0.2, 0.25) is 15.9 Å². The van der Waals surface area contributed by atoms with Crippen LogP contribution in [0.15, 0.2) is 41.3 Å². The van der Waals surface area contributed by atoms with Crippen molar-refractivity contribution in [1.29, 1.82) is 0 Å². The Labute approximate surface area is 204 Å². The van der Waals surface area contributed by atoms with E-state index in [4.69, 9.17) is 4.74 Å². The minimum atomic E-state index is -5.04. The molecular weight excluding hydrogens is 514 g/mol. The van der Waals surface area contributed by atoms with Crippen molar-refractivity contribution in [3.63, 3.8) is 0 Å². The summed E-state index contributed by atoms with van der Waals surface area (Å²) in [7, 11) is -3.87. The van der Waals surface area contributed by atoms with Crippen molar-refractivity contribution < 1.29 is 44.3 Å². The van der Waals surface area contributed by atoms with Gasteiger partial charge in [0.15, 0.2) is 0 Å². The van der Waals surface area contributed by atoms with Gasteiger partial charge in [0.05, 0.1) is 22.6 Å². The van der Waals surface area contributed by atoms with Gasteiger partial charge in [-0.25, -0.2) is 8.42 Å². The number of amides is 1. The zero-order valence-electron chi connectivity index (χ0n) is 19.3. The quantitative estimate of drug-likeness (QED) is 0.495. The highest BCUT2D eigenvalue weighted by atomic mass is 32.2. The molecule has 1 aliphatic rings. The van der Waals surface area contributed by atoms with Gasteiger partial charge in [-0.3, -0.25) is 4.79 Å². The molecule has 1 amide bonds. The lowest BCUT2D eigenvalue weighted by Gasteiger charge is -2.30. The molecule has 0 aliphatic carbocycles. The Morgan fingerprint density at radius 2 is 1.56 bits per heavy atom. The van der Waals surface area contributed by atoms with Crippen LogP contribution in [0.4, 0.5) is 32.0 Å². The average Bonchev–Trinajstić information content (AvgIpc) is 2.79. The first kappa shape index (κ1) is 27.8. The maximum absolute atomic E-state index is 13.1. The average molecular weight is 539 g/mol. The Kier molecular flexibility index (Phi) is 7.94. The fourth-order valence-electron chi connectivity index (χ4n) is 3.88. The van der Waals surface area contributed by atoms with Crippen molar-refractivity contribution in [2.45, 2.75) is 43.9 Å². The molecule has 1 heterocycles. The Morgan fingerprint density at radius 1 is 1.00 bits per heavy atom. The number of benzene rings is 2. The fraction of sp³-hybridized carbons (Fsp3) is 0.435. The smallest absolute Gasteiger partial charge is 0.416 e. The lowest BCUT2D eigenvalue weighted by Crippen LogP contribution is -2.41. The third kappa shape index (κ3) is 6.30. The third-order valence-corrected chi connectivity index (χ3v) is 7.66. The van der Waals surface area contributed by atoms with Gasteiger partial charge < -0.3 is 10.1 Å². The number of nitrogens with zero attached hydrogens (tertiary/aromatic N) is 1. The van der Waals surface area contributed by atoms with E-state index in [9.17, 15) is 39.6 Å². The third-order valence-electron chi connectivity index (χ3n) is 5.76. The minimum absolute atomic E-state index is 0.0262. The molecule has 2 aromatic rings. The van der Waals surface area contributed by atoms with Gasteiger partial charge in [0.1, 0.15) is 5.75 Å². The number of hydrogen-bond donors (Lipinski definition) is 1. The number of ether oxygens (including phenoxy) is 1. The summed E-state index contributed by atoms with van der Waals surface area (Å²) in [4.78, 5) is 12.7. The molecule has 0 radical (unpaired) electrons. The number of nitrogens with one attached hydrogen (secondary N) is 1. The fourth-order valence-corrected chi connectivity index (χ4v) is 5.43. The van der Waals surface area contributed by atoms with E-state index in [2.05, 4.69) is 5.32 Å². The molecule has 0 atom stereocenters. The SMILES string of the molecule is CCOc1ccc(S(=O)(=O)N2CCC(C(=O)Nc3cc(C(F)(F)F)cc(C(F)(F)F)c3)CC2)cc1C. The van der Waals surface area contributed by atoms with Gasteiger partial charge in [-0.15, -0.1) is 0 Å². The molecule has 36 heavy (non-hydrogen) atoms. The molecular formula is C23H24F6N2O4S. The molecule has 0 bridgehead atoms. The maximum Gasteiger partial charge on any atom is 0.416 e. The largest absolute Gasteiger partial charge is 0.494 e. The highest BCUT2D eigenvalue weighted by molar-refractivity contribution is 7.89. The number of hydrogen-bond acceptors (Lipinski definition) is 4. The number of rotatable bonds is 6. The number of sulfonamides is 1. The van der Waals surface area contributed by atoms with Crippen LogP contribution in [-0.4, -0.2) is 38.3 Å². The number of anilines is 1. The van der Waals surface area contributed by atoms with E-state index in [0.717, 1.165) is 0 Å². The second-order valence-electron chi connectivity index (χ2n) is 8.32. The summed E-state index contributed by atoms with van der Waals surface area (Å²) in [5.74, 6) is -1.02. The van der Waals surface area contributed by atoms with Crippen molar-refractivity contribution in [2.75, 3.05) is 25.0 Å². The maximum atomic E-state index is 13.1. The van der Waals surface area contributed by atoms with E-state index < -0.39 is 51.0 Å². The van der Waals surface area contributed by atoms with Crippen LogP contribution in [0, 0.1) is 12.8 Å². The lowest BCUT2D eigenvalue weighted by atomic mass is 9.97. The van der Waals surface area contributed by atoms with Crippen molar-refractivity contribution in [3.05, 3.63) is 53.1 Å². The van der Waals surface area contributed by atoms with Crippen LogP contribution in [-0.2, 0) is 27.2 Å². The molecule has 1 N–H and O–H groups in total. The van der Waals surface area contributed by atoms with Crippen molar-refractivity contribution in [2.24, 2.45) is 5.92 Å². The van der Waals surface area contributed by atoms with Crippen LogP contribution < -0.4 is 10.1 Å². The Bertz CT molecular complexity index is 1190. The molecule has 1 saturated heterocycles. The van der Waals surface area contributed by atoms with Gasteiger partial charge in [0, 0.05) is 24.7 Å². The summed E-state index contributed by atoms with van der Waals surface area (Å²) in [5, 5.41) is 2.13. The second kappa shape index (κ2) is 10.3. The molecule has 0 unspecified atom stereocenters. The highest BCUT2D eigenvalue weighted by Gasteiger charge is 2.38. The van der Waals surface area contributed by atoms with Crippen LogP contribution in [0.5, 0.6) is 5.75 Å². The first-order valence-corrected chi connectivity index (χ1v) is 12.4. The number of piperidine rings is 1. The summed E-state index contributed by atoms with van der Waals surface area (Å²) >= 11 is 0. The van der Waals surface area contributed by atoms with E-state index in [1.807, 2.05) is 0 Å². The van der Waals surface area contributed by atoms with Crippen molar-refractivity contribution in [3.8, 4) is 5.75 Å². The van der Waals surface area contributed by atoms with Crippen molar-refractivity contribution in [1.82, 2.24) is 4.31 Å². The summed E-state index contributed by atoms with van der Waals surface area (Å²) in [6.07, 6.45) is -9.99. The molecule has 6 nitrogen and oxygen atoms in total. The molecule has 1 aliphatic heterocycles. The van der Waals surface area contributed by atoms with Gasteiger partial charge in [-0.1, -0.05) is 0 Å². The predicted molar refractivity (Wildman–Crippen MR) is 119 cm³/mol.